The molecule has 3 heteroatoms. The first-order valence-corrected chi connectivity index (χ1v) is 6.65. The summed E-state index contributed by atoms with van der Waals surface area (Å²) in [5, 5.41) is 9.48. The highest BCUT2D eigenvalue weighted by Crippen LogP contribution is 2.37. The summed E-state index contributed by atoms with van der Waals surface area (Å²) in [5.41, 5.74) is 0.572. The Bertz CT molecular complexity index is 172. The first-order chi connectivity index (χ1) is 7.15. The van der Waals surface area contributed by atoms with Gasteiger partial charge in [-0.25, -0.2) is 0 Å². The van der Waals surface area contributed by atoms with Crippen molar-refractivity contribution >= 4 is 11.6 Å². The molecule has 0 spiro atoms. The van der Waals surface area contributed by atoms with Crippen LogP contribution in [0.25, 0.3) is 0 Å². The zero-order chi connectivity index (χ0) is 11.3. The van der Waals surface area contributed by atoms with Crippen molar-refractivity contribution in [2.45, 2.75) is 45.6 Å². The first-order valence-electron chi connectivity index (χ1n) is 6.12. The van der Waals surface area contributed by atoms with E-state index in [0.717, 1.165) is 19.6 Å². The monoisotopic (exact) mass is 233 g/mol. The van der Waals surface area contributed by atoms with Gasteiger partial charge in [-0.15, -0.1) is 11.6 Å². The summed E-state index contributed by atoms with van der Waals surface area (Å²) in [6.45, 7) is 7.58. The van der Waals surface area contributed by atoms with E-state index < -0.39 is 0 Å². The molecule has 1 heterocycles. The van der Waals surface area contributed by atoms with Gasteiger partial charge >= 0.3 is 0 Å². The van der Waals surface area contributed by atoms with E-state index in [1.807, 2.05) is 0 Å². The molecule has 0 radical (unpaired) electrons. The average Bonchev–Trinajstić information content (AvgIpc) is 2.30. The Labute approximate surface area is 98.6 Å². The minimum Gasteiger partial charge on any atom is -0.391 e. The Morgan fingerprint density at radius 1 is 1.27 bits per heavy atom. The van der Waals surface area contributed by atoms with Crippen molar-refractivity contribution in [2.24, 2.45) is 5.41 Å². The van der Waals surface area contributed by atoms with E-state index in [0.29, 0.717) is 11.3 Å². The lowest BCUT2D eigenvalue weighted by molar-refractivity contribution is 0.0605. The van der Waals surface area contributed by atoms with Gasteiger partial charge in [-0.3, -0.25) is 0 Å². The third kappa shape index (κ3) is 3.61. The molecule has 1 rings (SSSR count). The molecular weight excluding hydrogens is 210 g/mol. The van der Waals surface area contributed by atoms with Gasteiger partial charge in [0, 0.05) is 12.4 Å². The lowest BCUT2D eigenvalue weighted by atomic mass is 9.74. The molecule has 1 aliphatic heterocycles. The van der Waals surface area contributed by atoms with Crippen molar-refractivity contribution in [3.63, 3.8) is 0 Å². The SMILES string of the molecule is CCC1(CC)CCN(CC(O)CCl)CC1. The average molecular weight is 234 g/mol. The van der Waals surface area contributed by atoms with Gasteiger partial charge in [0.15, 0.2) is 0 Å². The summed E-state index contributed by atoms with van der Waals surface area (Å²) in [7, 11) is 0. The van der Waals surface area contributed by atoms with Crippen molar-refractivity contribution < 1.29 is 5.11 Å². The number of hydrogen-bond acceptors (Lipinski definition) is 2. The van der Waals surface area contributed by atoms with E-state index >= 15 is 0 Å². The van der Waals surface area contributed by atoms with E-state index in [1.54, 1.807) is 0 Å². The summed E-state index contributed by atoms with van der Waals surface area (Å²) in [5.74, 6) is 0.350. The van der Waals surface area contributed by atoms with Crippen LogP contribution < -0.4 is 0 Å². The van der Waals surface area contributed by atoms with Gasteiger partial charge in [-0.1, -0.05) is 26.7 Å². The van der Waals surface area contributed by atoms with Gasteiger partial charge in [0.2, 0.25) is 0 Å². The zero-order valence-electron chi connectivity index (χ0n) is 10.0. The Kier molecular flexibility index (Phi) is 5.37. The van der Waals surface area contributed by atoms with Gasteiger partial charge in [-0.2, -0.15) is 0 Å². The summed E-state index contributed by atoms with van der Waals surface area (Å²) >= 11 is 5.61. The summed E-state index contributed by atoms with van der Waals surface area (Å²) in [6.07, 6.45) is 4.76. The molecule has 0 aromatic carbocycles. The number of aliphatic hydroxyl groups excluding tert-OH is 1. The standard InChI is InChI=1S/C12H24ClNO/c1-3-12(4-2)5-7-14(8-6-12)10-11(15)9-13/h11,15H,3-10H2,1-2H3. The largest absolute Gasteiger partial charge is 0.391 e. The van der Waals surface area contributed by atoms with Crippen LogP contribution in [0.15, 0.2) is 0 Å². The summed E-state index contributed by atoms with van der Waals surface area (Å²) in [4.78, 5) is 2.34. The molecule has 1 saturated heterocycles. The third-order valence-corrected chi connectivity index (χ3v) is 4.42. The predicted octanol–water partition coefficient (Wildman–Crippen LogP) is 2.49. The molecule has 0 aromatic rings. The number of aliphatic hydroxyl groups is 1. The van der Waals surface area contributed by atoms with Crippen molar-refractivity contribution in [3.8, 4) is 0 Å². The number of piperidine rings is 1. The number of likely N-dealkylation sites (tertiary alicyclic amines) is 1. The molecule has 90 valence electrons. The molecule has 1 unspecified atom stereocenters. The molecule has 0 bridgehead atoms. The summed E-state index contributed by atoms with van der Waals surface area (Å²) < 4.78 is 0. The number of nitrogens with zero attached hydrogens (tertiary/aromatic N) is 1. The fourth-order valence-electron chi connectivity index (χ4n) is 2.51. The molecule has 1 aliphatic rings. The molecule has 0 amide bonds. The number of alkyl halides is 1. The van der Waals surface area contributed by atoms with Crippen LogP contribution in [0.2, 0.25) is 0 Å². The Hall–Kier alpha value is 0.210. The van der Waals surface area contributed by atoms with Gasteiger partial charge in [-0.05, 0) is 31.3 Å². The smallest absolute Gasteiger partial charge is 0.0802 e. The van der Waals surface area contributed by atoms with Crippen molar-refractivity contribution in [2.75, 3.05) is 25.5 Å². The number of hydrogen-bond donors (Lipinski definition) is 1. The van der Waals surface area contributed by atoms with Gasteiger partial charge in [0.25, 0.3) is 0 Å². The van der Waals surface area contributed by atoms with E-state index in [4.69, 9.17) is 11.6 Å². The quantitative estimate of drug-likeness (QED) is 0.738. The Balaban J connectivity index is 2.35. The van der Waals surface area contributed by atoms with Gasteiger partial charge < -0.3 is 10.0 Å². The third-order valence-electron chi connectivity index (χ3n) is 4.06. The zero-order valence-corrected chi connectivity index (χ0v) is 10.8. The highest BCUT2D eigenvalue weighted by atomic mass is 35.5. The Morgan fingerprint density at radius 2 is 1.80 bits per heavy atom. The van der Waals surface area contributed by atoms with Crippen LogP contribution in [0.4, 0.5) is 0 Å². The molecule has 0 aromatic heterocycles. The van der Waals surface area contributed by atoms with Gasteiger partial charge in [0.05, 0.1) is 6.10 Å². The maximum Gasteiger partial charge on any atom is 0.0802 e. The van der Waals surface area contributed by atoms with Crippen molar-refractivity contribution in [1.29, 1.82) is 0 Å². The summed E-state index contributed by atoms with van der Waals surface area (Å²) in [6, 6.07) is 0. The molecule has 0 saturated carbocycles. The van der Waals surface area contributed by atoms with Crippen molar-refractivity contribution in [3.05, 3.63) is 0 Å². The lowest BCUT2D eigenvalue weighted by Gasteiger charge is -2.41. The van der Waals surface area contributed by atoms with Crippen LogP contribution in [-0.2, 0) is 0 Å². The molecule has 15 heavy (non-hydrogen) atoms. The molecule has 2 nitrogen and oxygen atoms in total. The highest BCUT2D eigenvalue weighted by Gasteiger charge is 2.31. The second-order valence-corrected chi connectivity index (χ2v) is 5.12. The van der Waals surface area contributed by atoms with Crippen LogP contribution in [0.1, 0.15) is 39.5 Å². The topological polar surface area (TPSA) is 23.5 Å². The van der Waals surface area contributed by atoms with Crippen LogP contribution in [-0.4, -0.2) is 41.6 Å². The van der Waals surface area contributed by atoms with E-state index in [2.05, 4.69) is 18.7 Å². The second kappa shape index (κ2) is 6.07. The minimum absolute atomic E-state index is 0.350. The maximum atomic E-state index is 9.48. The van der Waals surface area contributed by atoms with E-state index in [1.165, 1.54) is 25.7 Å². The van der Waals surface area contributed by atoms with Crippen LogP contribution >= 0.6 is 11.6 Å². The number of halogens is 1. The molecular formula is C12H24ClNO. The Morgan fingerprint density at radius 3 is 2.20 bits per heavy atom. The van der Waals surface area contributed by atoms with E-state index in [9.17, 15) is 5.11 Å². The molecule has 1 fully saturated rings. The second-order valence-electron chi connectivity index (χ2n) is 4.82. The molecule has 0 aliphatic carbocycles. The van der Waals surface area contributed by atoms with Gasteiger partial charge in [0.1, 0.15) is 0 Å². The van der Waals surface area contributed by atoms with E-state index in [-0.39, 0.29) is 6.10 Å². The fraction of sp³-hybridized carbons (Fsp3) is 1.00. The predicted molar refractivity (Wildman–Crippen MR) is 65.4 cm³/mol. The normalized spacial score (nSPS) is 24.0. The number of β-amino-alcohol motifs (C(OH)–C–C–N with tert-alkyl or cyclic N) is 1. The minimum atomic E-state index is -0.359. The van der Waals surface area contributed by atoms with Crippen LogP contribution in [0.5, 0.6) is 0 Å². The maximum absolute atomic E-state index is 9.48. The fourth-order valence-corrected chi connectivity index (χ4v) is 2.61. The van der Waals surface area contributed by atoms with Crippen molar-refractivity contribution in [1.82, 2.24) is 4.90 Å². The molecule has 1 N–H and O–H groups in total. The number of rotatable bonds is 5. The lowest BCUT2D eigenvalue weighted by Crippen LogP contribution is -2.43. The van der Waals surface area contributed by atoms with Crippen LogP contribution in [0.3, 0.4) is 0 Å². The first kappa shape index (κ1) is 13.3. The molecule has 1 atom stereocenters. The van der Waals surface area contributed by atoms with Crippen LogP contribution in [0, 0.1) is 5.41 Å². The highest BCUT2D eigenvalue weighted by molar-refractivity contribution is 6.18.